The molecule has 0 aliphatic carbocycles. The largest absolute Gasteiger partial charge is 0.445 e. The number of nitrogens with one attached hydrogen (secondary N) is 6. The maximum Gasteiger partial charge on any atom is 0.414 e. The average Bonchev–Trinajstić information content (AvgIpc) is 3.38. The molecule has 29 heteroatoms. The molecule has 0 spiro atoms. The number of nitrogens with zero attached hydrogens (tertiary/aromatic N) is 5. The van der Waals surface area contributed by atoms with E-state index in [1.807, 2.05) is 26.6 Å². The third kappa shape index (κ3) is 31.3. The van der Waals surface area contributed by atoms with Crippen molar-refractivity contribution in [3.8, 4) is 12.5 Å². The summed E-state index contributed by atoms with van der Waals surface area (Å²) >= 11 is 0. The van der Waals surface area contributed by atoms with Crippen LogP contribution in [-0.2, 0) is 57.0 Å². The molecule has 0 atom stereocenters. The van der Waals surface area contributed by atoms with Gasteiger partial charge in [0.2, 0.25) is 46.9 Å². The van der Waals surface area contributed by atoms with Crippen LogP contribution in [0.4, 0.5) is 28.8 Å². The smallest absolute Gasteiger partial charge is 0.414 e. The van der Waals surface area contributed by atoms with Crippen molar-refractivity contribution in [1.82, 2.24) is 31.9 Å². The van der Waals surface area contributed by atoms with Crippen molar-refractivity contribution in [2.75, 3.05) is 60.2 Å². The van der Waals surface area contributed by atoms with Gasteiger partial charge in [-0.2, -0.15) is 10.5 Å². The second-order valence-electron chi connectivity index (χ2n) is 11.7. The predicted octanol–water partition coefficient (Wildman–Crippen LogP) is 1.59. The number of carbonyl (C=O) groups is 6. The van der Waals surface area contributed by atoms with Crippen molar-refractivity contribution in [3.05, 3.63) is 140 Å². The van der Waals surface area contributed by atoms with Crippen molar-refractivity contribution < 1.29 is 85.8 Å². The first-order valence-corrected chi connectivity index (χ1v) is 19.1. The van der Waals surface area contributed by atoms with E-state index >= 15 is 0 Å². The second-order valence-corrected chi connectivity index (χ2v) is 11.7. The van der Waals surface area contributed by atoms with Crippen molar-refractivity contribution in [1.29, 1.82) is 10.5 Å². The number of nitriles is 2. The predicted molar refractivity (Wildman–Crippen MR) is 238 cm³/mol. The molecular weight excluding hydrogens is 995 g/mol. The third-order valence-electron chi connectivity index (χ3n) is 6.63. The molecule has 0 unspecified atom stereocenters. The van der Waals surface area contributed by atoms with E-state index < -0.39 is 118 Å². The molecule has 0 saturated carbocycles. The molecule has 0 aromatic rings. The van der Waals surface area contributed by atoms with Crippen LogP contribution in [0.15, 0.2) is 155 Å². The summed E-state index contributed by atoms with van der Waals surface area (Å²) in [6.45, 7) is 1.12. The molecule has 6 amide bonds. The fraction of sp³-hybridized carbons (Fsp3) is 0.239. The highest BCUT2D eigenvalue weighted by Gasteiger charge is 2.44. The number of ether oxygens (including phenoxy) is 9. The Bertz CT molecular complexity index is 3050. The maximum absolute atomic E-state index is 13.7. The number of rotatable bonds is 24. The molecule has 0 radical (unpaired) electrons. The van der Waals surface area contributed by atoms with Gasteiger partial charge in [-0.25, -0.2) is 43.2 Å². The first kappa shape index (κ1) is 62.6. The zero-order chi connectivity index (χ0) is 55.8. The standard InChI is InChI=1S/C46H31N11O18/c1-5-8-11-14-17-20-36(50-31-58)55-42(64)72-27-46(75-44(66)57-38(52-33-60)22-19-16-13-10-7-3,28-73-43(65)56-37(51-32-59)21-18-15-12-9-6-2)24-67-23-45(74-39(61)49-4,25-70-40(62)53-34-68-29-47)26-71-41(63)54-35-69-30-48/h1-3,23-28,34-35H2,4H3,(H,49,61)(H,53,62)(H,54,63)(H,55,64)(H,56,65)(H,57,66). The summed E-state index contributed by atoms with van der Waals surface area (Å²) in [4.78, 5) is 121. The summed E-state index contributed by atoms with van der Waals surface area (Å²) in [7, 11) is 1.08. The fourth-order valence-corrected chi connectivity index (χ4v) is 3.82. The van der Waals surface area contributed by atoms with E-state index in [0.717, 1.165) is 25.3 Å². The molecule has 0 aromatic heterocycles. The van der Waals surface area contributed by atoms with E-state index in [1.165, 1.54) is 12.5 Å². The summed E-state index contributed by atoms with van der Waals surface area (Å²) in [5.41, 5.74) is 34.9. The van der Waals surface area contributed by atoms with Crippen molar-refractivity contribution >= 4 is 54.8 Å². The van der Waals surface area contributed by atoms with Gasteiger partial charge >= 0.3 is 36.6 Å². The number of hydrogen-bond acceptors (Lipinski definition) is 23. The van der Waals surface area contributed by atoms with Crippen molar-refractivity contribution in [2.24, 2.45) is 15.0 Å². The number of hydrogen-bond donors (Lipinski definition) is 6. The van der Waals surface area contributed by atoms with Gasteiger partial charge in [-0.1, -0.05) is 17.2 Å². The van der Waals surface area contributed by atoms with E-state index in [1.54, 1.807) is 0 Å². The first-order valence-electron chi connectivity index (χ1n) is 19.1. The molecule has 0 bridgehead atoms. The monoisotopic (exact) mass is 1030 g/mol. The summed E-state index contributed by atoms with van der Waals surface area (Å²) in [5, 5.41) is 29.2. The van der Waals surface area contributed by atoms with Gasteiger partial charge in [-0.05, 0) is 106 Å². The zero-order valence-electron chi connectivity index (χ0n) is 38.4. The number of carbonyl (C=O) groups excluding carboxylic acids is 9. The van der Waals surface area contributed by atoms with Crippen LogP contribution >= 0.6 is 0 Å². The molecule has 6 N–H and O–H groups in total. The van der Waals surface area contributed by atoms with Gasteiger partial charge in [0.1, 0.15) is 26.4 Å². The molecule has 0 aromatic carbocycles. The molecule has 75 heavy (non-hydrogen) atoms. The average molecular weight is 1030 g/mol. The Hall–Kier alpha value is -12.4. The minimum absolute atomic E-state index is 0.724. The van der Waals surface area contributed by atoms with Gasteiger partial charge in [0.15, 0.2) is 13.5 Å². The fourth-order valence-electron chi connectivity index (χ4n) is 3.82. The molecule has 0 aliphatic heterocycles. The Morgan fingerprint density at radius 1 is 0.453 bits per heavy atom. The Labute approximate surface area is 421 Å². The highest BCUT2D eigenvalue weighted by atomic mass is 16.7. The first-order chi connectivity index (χ1) is 36.2. The topological polar surface area (TPSA) is 394 Å². The Balaban J connectivity index is 8.19. The number of alkyl carbamates (subject to hydrolysis) is 6. The summed E-state index contributed by atoms with van der Waals surface area (Å²) in [6, 6.07) is 0. The molecule has 0 heterocycles. The van der Waals surface area contributed by atoms with Crippen LogP contribution in [0.3, 0.4) is 0 Å². The molecule has 378 valence electrons. The quantitative estimate of drug-likeness (QED) is 0.0152. The SMILES string of the molecule is C=C=C=C=C=C=C=C(N=C=O)NC(=O)OCC(COCC(COC(=O)NCOC#N)(COC(=O)NCOC#N)OC(=O)NC)(COC(=O)NC(=C=C=C=C=C=C=C)N=C=O)OC(=O)NC(=C=C=C=C=C=C=C)N=C=O. The highest BCUT2D eigenvalue weighted by Crippen LogP contribution is 2.21. The van der Waals surface area contributed by atoms with Crippen LogP contribution in [0.5, 0.6) is 0 Å². The number of isocyanates is 3. The van der Waals surface area contributed by atoms with Crippen LogP contribution < -0.4 is 31.9 Å². The van der Waals surface area contributed by atoms with Crippen LogP contribution in [0, 0.1) is 23.0 Å². The lowest BCUT2D eigenvalue weighted by Crippen LogP contribution is -2.55. The minimum atomic E-state index is -2.75. The Morgan fingerprint density at radius 2 is 0.773 bits per heavy atom. The van der Waals surface area contributed by atoms with E-state index in [0.29, 0.717) is 0 Å². The van der Waals surface area contributed by atoms with E-state index in [2.05, 4.69) is 153 Å². The molecule has 0 fully saturated rings. The second kappa shape index (κ2) is 39.5. The Kier molecular flexibility index (Phi) is 33.0. The van der Waals surface area contributed by atoms with Crippen LogP contribution in [0.1, 0.15) is 0 Å². The lowest BCUT2D eigenvalue weighted by Gasteiger charge is -2.35. The van der Waals surface area contributed by atoms with Crippen LogP contribution in [0.2, 0.25) is 0 Å². The highest BCUT2D eigenvalue weighted by molar-refractivity contribution is 5.72. The van der Waals surface area contributed by atoms with E-state index in [-0.39, 0.29) is 0 Å². The third-order valence-corrected chi connectivity index (χ3v) is 6.63. The summed E-state index contributed by atoms with van der Waals surface area (Å²) < 4.78 is 46.2. The van der Waals surface area contributed by atoms with Crippen molar-refractivity contribution in [3.63, 3.8) is 0 Å². The minimum Gasteiger partial charge on any atom is -0.445 e. The van der Waals surface area contributed by atoms with Gasteiger partial charge in [0.25, 0.3) is 12.5 Å². The molecule has 29 nitrogen and oxygen atoms in total. The van der Waals surface area contributed by atoms with Crippen LogP contribution in [-0.4, -0.2) is 126 Å². The molecule has 0 saturated heterocycles. The summed E-state index contributed by atoms with van der Waals surface area (Å²) in [6.07, 6.45) is -2.86. The molecular formula is C46H31N11O18. The molecule has 0 rings (SSSR count). The van der Waals surface area contributed by atoms with Gasteiger partial charge in [-0.3, -0.25) is 26.6 Å². The number of aliphatic imine (C=N–C) groups is 3. The zero-order valence-corrected chi connectivity index (χ0v) is 38.4. The van der Waals surface area contributed by atoms with Gasteiger partial charge < -0.3 is 47.9 Å². The number of amides is 6. The van der Waals surface area contributed by atoms with E-state index in [9.17, 15) is 43.2 Å². The lowest BCUT2D eigenvalue weighted by atomic mass is 10.1. The summed E-state index contributed by atoms with van der Waals surface area (Å²) in [5.74, 6) is -2.27. The maximum atomic E-state index is 13.7. The normalized spacial score (nSPS) is 8.95. The lowest BCUT2D eigenvalue weighted by molar-refractivity contribution is -0.150. The van der Waals surface area contributed by atoms with E-state index in [4.69, 9.17) is 43.7 Å². The Morgan fingerprint density at radius 3 is 1.09 bits per heavy atom. The van der Waals surface area contributed by atoms with Gasteiger partial charge in [0, 0.05) is 7.05 Å². The van der Waals surface area contributed by atoms with Crippen LogP contribution in [0.25, 0.3) is 0 Å². The van der Waals surface area contributed by atoms with Gasteiger partial charge in [0.05, 0.1) is 13.2 Å². The van der Waals surface area contributed by atoms with Crippen molar-refractivity contribution in [2.45, 2.75) is 11.2 Å². The van der Waals surface area contributed by atoms with Gasteiger partial charge in [-0.15, -0.1) is 15.0 Å². The molecule has 0 aliphatic rings.